The van der Waals surface area contributed by atoms with Gasteiger partial charge in [-0.3, -0.25) is 14.7 Å². The van der Waals surface area contributed by atoms with Gasteiger partial charge in [-0.15, -0.1) is 0 Å². The number of carbonyl (C=O) groups is 2. The quantitative estimate of drug-likeness (QED) is 0.876. The summed E-state index contributed by atoms with van der Waals surface area (Å²) < 4.78 is 6.88. The fraction of sp³-hybridized carbons (Fsp3) is 0.389. The van der Waals surface area contributed by atoms with E-state index in [1.807, 2.05) is 18.2 Å². The number of likely N-dealkylation sites (N-methyl/N-ethyl adjacent to an activating group) is 1. The first kappa shape index (κ1) is 16.4. The number of benzene rings is 1. The van der Waals surface area contributed by atoms with E-state index in [1.54, 1.807) is 24.1 Å². The molecule has 0 aliphatic carbocycles. The van der Waals surface area contributed by atoms with Crippen molar-refractivity contribution in [2.75, 3.05) is 26.7 Å². The Morgan fingerprint density at radius 1 is 1.19 bits per heavy atom. The number of aromatic nitrogens is 2. The molecule has 1 N–H and O–H groups in total. The average Bonchev–Trinajstić information content (AvgIpc) is 3.15. The molecule has 1 aromatic carbocycles. The van der Waals surface area contributed by atoms with Gasteiger partial charge < -0.3 is 14.5 Å². The van der Waals surface area contributed by atoms with Gasteiger partial charge in [-0.1, -0.05) is 18.2 Å². The first-order valence-electron chi connectivity index (χ1n) is 8.58. The van der Waals surface area contributed by atoms with Gasteiger partial charge in [0.2, 0.25) is 0 Å². The fourth-order valence-corrected chi connectivity index (χ4v) is 3.72. The molecule has 0 bridgehead atoms. The highest BCUT2D eigenvalue weighted by atomic mass is 16.6. The van der Waals surface area contributed by atoms with Gasteiger partial charge in [0.1, 0.15) is 11.3 Å². The first-order chi connectivity index (χ1) is 12.5. The number of nitrogens with zero attached hydrogens (tertiary/aromatic N) is 3. The standard InChI is InChI=1S/C18H20N4O4/c1-20-11-18(26-17(20)25)8-5-9-21(12-18)16(24)14-10-15(23)22(19-14)13-6-3-2-4-7-13/h2-4,6-7,10,19H,5,8-9,11-12H2,1H3. The SMILES string of the molecule is CN1CC2(CCCN(C(=O)c3cc(=O)n(-c4ccccc4)[nH]3)C2)OC1=O. The van der Waals surface area contributed by atoms with Gasteiger partial charge in [-0.05, 0) is 25.0 Å². The topological polar surface area (TPSA) is 87.6 Å². The summed E-state index contributed by atoms with van der Waals surface area (Å²) in [4.78, 5) is 40.1. The number of hydrogen-bond donors (Lipinski definition) is 1. The Balaban J connectivity index is 1.57. The fourth-order valence-electron chi connectivity index (χ4n) is 3.72. The zero-order valence-electron chi connectivity index (χ0n) is 14.5. The molecule has 1 aromatic heterocycles. The molecule has 136 valence electrons. The smallest absolute Gasteiger partial charge is 0.410 e. The monoisotopic (exact) mass is 356 g/mol. The van der Waals surface area contributed by atoms with E-state index in [0.717, 1.165) is 12.8 Å². The van der Waals surface area contributed by atoms with E-state index in [-0.39, 0.29) is 23.3 Å². The molecule has 1 atom stereocenters. The number of H-pyrrole nitrogens is 1. The van der Waals surface area contributed by atoms with Crippen molar-refractivity contribution in [1.82, 2.24) is 19.6 Å². The molecular weight excluding hydrogens is 336 g/mol. The number of hydrogen-bond acceptors (Lipinski definition) is 4. The highest BCUT2D eigenvalue weighted by molar-refractivity contribution is 5.92. The predicted molar refractivity (Wildman–Crippen MR) is 93.4 cm³/mol. The zero-order chi connectivity index (χ0) is 18.3. The van der Waals surface area contributed by atoms with Crippen LogP contribution in [-0.2, 0) is 4.74 Å². The summed E-state index contributed by atoms with van der Waals surface area (Å²) >= 11 is 0. The van der Waals surface area contributed by atoms with Crippen LogP contribution in [0.3, 0.4) is 0 Å². The maximum atomic E-state index is 12.9. The van der Waals surface area contributed by atoms with Crippen molar-refractivity contribution in [3.63, 3.8) is 0 Å². The lowest BCUT2D eigenvalue weighted by Crippen LogP contribution is -2.52. The molecule has 26 heavy (non-hydrogen) atoms. The van der Waals surface area contributed by atoms with Crippen LogP contribution in [0.2, 0.25) is 0 Å². The van der Waals surface area contributed by atoms with Crippen molar-refractivity contribution in [3.8, 4) is 5.69 Å². The summed E-state index contributed by atoms with van der Waals surface area (Å²) in [6, 6.07) is 10.4. The lowest BCUT2D eigenvalue weighted by molar-refractivity contribution is -0.00542. The number of para-hydroxylation sites is 1. The largest absolute Gasteiger partial charge is 0.439 e. The summed E-state index contributed by atoms with van der Waals surface area (Å²) in [5.74, 6) is -0.263. The minimum absolute atomic E-state index is 0.230. The second kappa shape index (κ2) is 6.05. The van der Waals surface area contributed by atoms with Crippen LogP contribution in [0, 0.1) is 0 Å². The van der Waals surface area contributed by atoms with Gasteiger partial charge in [0.15, 0.2) is 0 Å². The second-order valence-electron chi connectivity index (χ2n) is 6.92. The number of aromatic amines is 1. The van der Waals surface area contributed by atoms with Crippen LogP contribution in [0.25, 0.3) is 5.69 Å². The zero-order valence-corrected chi connectivity index (χ0v) is 14.5. The van der Waals surface area contributed by atoms with Crippen molar-refractivity contribution in [2.24, 2.45) is 0 Å². The van der Waals surface area contributed by atoms with E-state index in [4.69, 9.17) is 4.74 Å². The number of carbonyl (C=O) groups excluding carboxylic acids is 2. The average molecular weight is 356 g/mol. The van der Waals surface area contributed by atoms with E-state index in [0.29, 0.717) is 25.3 Å². The lowest BCUT2D eigenvalue weighted by Gasteiger charge is -2.38. The Hall–Kier alpha value is -3.03. The van der Waals surface area contributed by atoms with E-state index in [2.05, 4.69) is 5.10 Å². The van der Waals surface area contributed by atoms with Gasteiger partial charge in [-0.25, -0.2) is 9.48 Å². The molecule has 2 fully saturated rings. The van der Waals surface area contributed by atoms with E-state index in [1.165, 1.54) is 15.6 Å². The Morgan fingerprint density at radius 2 is 1.96 bits per heavy atom. The molecule has 0 saturated carbocycles. The van der Waals surface area contributed by atoms with Crippen LogP contribution >= 0.6 is 0 Å². The van der Waals surface area contributed by atoms with Gasteiger partial charge >= 0.3 is 6.09 Å². The maximum absolute atomic E-state index is 12.9. The van der Waals surface area contributed by atoms with E-state index in [9.17, 15) is 14.4 Å². The third kappa shape index (κ3) is 2.77. The first-order valence-corrected chi connectivity index (χ1v) is 8.58. The molecule has 2 amide bonds. The molecule has 4 rings (SSSR count). The summed E-state index contributed by atoms with van der Waals surface area (Å²) in [6.07, 6.45) is 1.12. The van der Waals surface area contributed by atoms with Crippen LogP contribution < -0.4 is 5.56 Å². The van der Waals surface area contributed by atoms with Gasteiger partial charge in [0.25, 0.3) is 11.5 Å². The van der Waals surface area contributed by atoms with Crippen molar-refractivity contribution in [1.29, 1.82) is 0 Å². The van der Waals surface area contributed by atoms with Crippen LogP contribution in [0.4, 0.5) is 4.79 Å². The van der Waals surface area contributed by atoms with Crippen molar-refractivity contribution in [3.05, 3.63) is 52.4 Å². The number of nitrogens with one attached hydrogen (secondary N) is 1. The number of ether oxygens (including phenoxy) is 1. The van der Waals surface area contributed by atoms with Gasteiger partial charge in [-0.2, -0.15) is 0 Å². The molecule has 1 unspecified atom stereocenters. The molecule has 2 aromatic rings. The number of likely N-dealkylation sites (tertiary alicyclic amines) is 1. The Bertz CT molecular complexity index is 903. The van der Waals surface area contributed by atoms with Crippen molar-refractivity contribution >= 4 is 12.0 Å². The third-order valence-corrected chi connectivity index (χ3v) is 4.93. The lowest BCUT2D eigenvalue weighted by atomic mass is 9.92. The van der Waals surface area contributed by atoms with Crippen LogP contribution in [0.1, 0.15) is 23.3 Å². The molecule has 2 saturated heterocycles. The van der Waals surface area contributed by atoms with E-state index >= 15 is 0 Å². The normalized spacial score (nSPS) is 22.7. The molecule has 2 aliphatic heterocycles. The van der Waals surface area contributed by atoms with Crippen molar-refractivity contribution < 1.29 is 14.3 Å². The molecular formula is C18H20N4O4. The minimum atomic E-state index is -0.651. The summed E-state index contributed by atoms with van der Waals surface area (Å²) in [5, 5.41) is 2.89. The number of rotatable bonds is 2. The Morgan fingerprint density at radius 3 is 2.65 bits per heavy atom. The highest BCUT2D eigenvalue weighted by Gasteiger charge is 2.47. The van der Waals surface area contributed by atoms with Gasteiger partial charge in [0.05, 0.1) is 18.8 Å². The molecule has 3 heterocycles. The number of piperidine rings is 1. The van der Waals surface area contributed by atoms with Crippen LogP contribution in [0.15, 0.2) is 41.2 Å². The Labute approximate surface area is 149 Å². The second-order valence-corrected chi connectivity index (χ2v) is 6.92. The van der Waals surface area contributed by atoms with Crippen molar-refractivity contribution in [2.45, 2.75) is 18.4 Å². The predicted octanol–water partition coefficient (Wildman–Crippen LogP) is 1.22. The highest BCUT2D eigenvalue weighted by Crippen LogP contribution is 2.31. The summed E-state index contributed by atoms with van der Waals surface area (Å²) in [5.41, 5.74) is -0.0490. The molecule has 2 aliphatic rings. The molecule has 0 radical (unpaired) electrons. The van der Waals surface area contributed by atoms with E-state index < -0.39 is 5.60 Å². The summed E-state index contributed by atoms with van der Waals surface area (Å²) in [6.45, 7) is 1.37. The minimum Gasteiger partial charge on any atom is -0.439 e. The molecule has 1 spiro atoms. The van der Waals surface area contributed by atoms with Crippen LogP contribution in [0.5, 0.6) is 0 Å². The Kier molecular flexibility index (Phi) is 3.82. The molecule has 8 nitrogen and oxygen atoms in total. The third-order valence-electron chi connectivity index (χ3n) is 4.93. The number of amides is 2. The summed E-state index contributed by atoms with van der Waals surface area (Å²) in [7, 11) is 1.69. The van der Waals surface area contributed by atoms with Gasteiger partial charge in [0, 0.05) is 19.7 Å². The van der Waals surface area contributed by atoms with Crippen LogP contribution in [-0.4, -0.2) is 63.9 Å². The maximum Gasteiger partial charge on any atom is 0.410 e. The molecule has 8 heteroatoms.